The van der Waals surface area contributed by atoms with Crippen LogP contribution in [0.2, 0.25) is 0 Å². The molecule has 1 rings (SSSR count). The largest absolute Gasteiger partial charge is 0.312 e. The fraction of sp³-hybridized carbons (Fsp3) is 0.455. The first-order valence-electron chi connectivity index (χ1n) is 4.28. The van der Waals surface area contributed by atoms with Crippen molar-refractivity contribution < 1.29 is 0 Å². The quantitative estimate of drug-likeness (QED) is 0.676. The van der Waals surface area contributed by atoms with Gasteiger partial charge in [-0.05, 0) is 33.6 Å². The van der Waals surface area contributed by atoms with Crippen molar-refractivity contribution in [2.24, 2.45) is 0 Å². The monoisotopic (exact) mass is 235 g/mol. The summed E-state index contributed by atoms with van der Waals surface area (Å²) in [6.07, 6.45) is 0. The Balaban J connectivity index is 0. The fourth-order valence-electron chi connectivity index (χ4n) is 0.677. The second kappa shape index (κ2) is 9.32. The Morgan fingerprint density at radius 3 is 1.71 bits per heavy atom. The standard InChI is InChI=1S/C8H9Cl.C3H9N.ClH/c1-7-2-4-8(6-9)5-3-7;1-4(2)3;/h2-5H,6H2,1H3;1-3H3;1H. The molecule has 0 saturated heterocycles. The number of alkyl halides is 1. The van der Waals surface area contributed by atoms with Crippen molar-refractivity contribution in [1.82, 2.24) is 4.90 Å². The van der Waals surface area contributed by atoms with Gasteiger partial charge in [0.1, 0.15) is 0 Å². The van der Waals surface area contributed by atoms with Gasteiger partial charge in [0.2, 0.25) is 0 Å². The Hall–Kier alpha value is -0.240. The zero-order valence-electron chi connectivity index (χ0n) is 9.25. The minimum absolute atomic E-state index is 0. The van der Waals surface area contributed by atoms with Gasteiger partial charge in [-0.2, -0.15) is 0 Å². The highest BCUT2D eigenvalue weighted by Crippen LogP contribution is 2.04. The molecule has 0 N–H and O–H groups in total. The molecule has 0 amide bonds. The molecule has 1 nitrogen and oxygen atoms in total. The first kappa shape index (κ1) is 16.2. The highest BCUT2D eigenvalue weighted by atomic mass is 35.5. The topological polar surface area (TPSA) is 3.24 Å². The molecule has 0 aromatic heterocycles. The van der Waals surface area contributed by atoms with Crippen LogP contribution < -0.4 is 0 Å². The lowest BCUT2D eigenvalue weighted by atomic mass is 10.2. The van der Waals surface area contributed by atoms with E-state index in [0.29, 0.717) is 5.88 Å². The van der Waals surface area contributed by atoms with E-state index in [1.165, 1.54) is 11.1 Å². The van der Waals surface area contributed by atoms with Gasteiger partial charge < -0.3 is 4.90 Å². The van der Waals surface area contributed by atoms with Crippen LogP contribution >= 0.6 is 24.0 Å². The second-order valence-corrected chi connectivity index (χ2v) is 3.73. The molecule has 0 unspecified atom stereocenters. The number of hydrogen-bond acceptors (Lipinski definition) is 1. The summed E-state index contributed by atoms with van der Waals surface area (Å²) in [5.74, 6) is 0.611. The Kier molecular flexibility index (Phi) is 10.8. The zero-order chi connectivity index (χ0) is 10.3. The van der Waals surface area contributed by atoms with E-state index in [1.54, 1.807) is 0 Å². The van der Waals surface area contributed by atoms with Crippen molar-refractivity contribution in [3.8, 4) is 0 Å². The molecule has 0 atom stereocenters. The van der Waals surface area contributed by atoms with Crippen molar-refractivity contribution in [1.29, 1.82) is 0 Å². The molecular formula is C11H19Cl2N. The highest BCUT2D eigenvalue weighted by molar-refractivity contribution is 6.17. The minimum atomic E-state index is 0. The molecule has 0 bridgehead atoms. The van der Waals surface area contributed by atoms with Crippen molar-refractivity contribution in [3.05, 3.63) is 35.4 Å². The van der Waals surface area contributed by atoms with Crippen LogP contribution in [0.1, 0.15) is 11.1 Å². The van der Waals surface area contributed by atoms with Crippen LogP contribution in [0.3, 0.4) is 0 Å². The molecule has 82 valence electrons. The Morgan fingerprint density at radius 1 is 1.07 bits per heavy atom. The number of halogens is 2. The fourth-order valence-corrected chi connectivity index (χ4v) is 0.855. The summed E-state index contributed by atoms with van der Waals surface area (Å²) >= 11 is 5.58. The maximum Gasteiger partial charge on any atom is 0.0474 e. The van der Waals surface area contributed by atoms with Gasteiger partial charge in [-0.3, -0.25) is 0 Å². The molecule has 0 heterocycles. The van der Waals surface area contributed by atoms with Gasteiger partial charge >= 0.3 is 0 Å². The van der Waals surface area contributed by atoms with E-state index in [1.807, 2.05) is 38.2 Å². The molecule has 1 aromatic rings. The summed E-state index contributed by atoms with van der Waals surface area (Å²) in [7, 11) is 6.00. The molecule has 0 saturated carbocycles. The predicted molar refractivity (Wildman–Crippen MR) is 67.6 cm³/mol. The average molecular weight is 236 g/mol. The molecular weight excluding hydrogens is 217 g/mol. The summed E-state index contributed by atoms with van der Waals surface area (Å²) in [5.41, 5.74) is 2.46. The summed E-state index contributed by atoms with van der Waals surface area (Å²) in [4.78, 5) is 2.00. The van der Waals surface area contributed by atoms with Crippen LogP contribution in [0.15, 0.2) is 24.3 Å². The Morgan fingerprint density at radius 2 is 1.43 bits per heavy atom. The van der Waals surface area contributed by atoms with E-state index in [2.05, 4.69) is 19.1 Å². The molecule has 0 aliphatic carbocycles. The first-order chi connectivity index (χ1) is 6.06. The molecule has 14 heavy (non-hydrogen) atoms. The second-order valence-electron chi connectivity index (χ2n) is 3.46. The normalized spacial score (nSPS) is 8.71. The molecule has 0 spiro atoms. The molecule has 3 heteroatoms. The third kappa shape index (κ3) is 9.85. The lowest BCUT2D eigenvalue weighted by Crippen LogP contribution is -1.99. The minimum Gasteiger partial charge on any atom is -0.312 e. The SMILES string of the molecule is CN(C)C.Cc1ccc(CCl)cc1.Cl. The Bertz CT molecular complexity index is 216. The van der Waals surface area contributed by atoms with Crippen molar-refractivity contribution in [2.75, 3.05) is 21.1 Å². The lowest BCUT2D eigenvalue weighted by molar-refractivity contribution is 0.505. The summed E-state index contributed by atoms with van der Waals surface area (Å²) in [6.45, 7) is 2.07. The molecule has 0 aliphatic heterocycles. The molecule has 0 radical (unpaired) electrons. The third-order valence-electron chi connectivity index (χ3n) is 1.27. The number of aryl methyl sites for hydroxylation is 1. The molecule has 1 aromatic carbocycles. The van der Waals surface area contributed by atoms with Gasteiger partial charge in [0.05, 0.1) is 0 Å². The van der Waals surface area contributed by atoms with Gasteiger partial charge in [0, 0.05) is 5.88 Å². The average Bonchev–Trinajstić information content (AvgIpc) is 2.05. The lowest BCUT2D eigenvalue weighted by Gasteiger charge is -1.93. The number of rotatable bonds is 1. The summed E-state index contributed by atoms with van der Waals surface area (Å²) in [6, 6.07) is 8.22. The smallest absolute Gasteiger partial charge is 0.0474 e. The zero-order valence-corrected chi connectivity index (χ0v) is 10.8. The Labute approximate surface area is 98.5 Å². The predicted octanol–water partition coefficient (Wildman–Crippen LogP) is 3.33. The third-order valence-corrected chi connectivity index (χ3v) is 1.58. The maximum absolute atomic E-state index is 5.58. The molecule has 0 aliphatic rings. The van der Waals surface area contributed by atoms with Crippen molar-refractivity contribution >= 4 is 24.0 Å². The summed E-state index contributed by atoms with van der Waals surface area (Å²) in [5, 5.41) is 0. The van der Waals surface area contributed by atoms with Gasteiger partial charge in [-0.1, -0.05) is 29.8 Å². The van der Waals surface area contributed by atoms with E-state index >= 15 is 0 Å². The van der Waals surface area contributed by atoms with Gasteiger partial charge in [0.25, 0.3) is 0 Å². The van der Waals surface area contributed by atoms with Gasteiger partial charge in [0.15, 0.2) is 0 Å². The highest BCUT2D eigenvalue weighted by Gasteiger charge is 1.86. The van der Waals surface area contributed by atoms with Crippen molar-refractivity contribution in [2.45, 2.75) is 12.8 Å². The van der Waals surface area contributed by atoms with Crippen LogP contribution in [0.25, 0.3) is 0 Å². The van der Waals surface area contributed by atoms with Crippen LogP contribution in [0.4, 0.5) is 0 Å². The summed E-state index contributed by atoms with van der Waals surface area (Å²) < 4.78 is 0. The molecule has 0 fully saturated rings. The maximum atomic E-state index is 5.58. The van der Waals surface area contributed by atoms with E-state index in [9.17, 15) is 0 Å². The van der Waals surface area contributed by atoms with Gasteiger partial charge in [-0.15, -0.1) is 24.0 Å². The van der Waals surface area contributed by atoms with Crippen LogP contribution in [-0.2, 0) is 5.88 Å². The van der Waals surface area contributed by atoms with Crippen LogP contribution in [0, 0.1) is 6.92 Å². The van der Waals surface area contributed by atoms with Crippen LogP contribution in [-0.4, -0.2) is 26.0 Å². The van der Waals surface area contributed by atoms with E-state index in [-0.39, 0.29) is 12.4 Å². The van der Waals surface area contributed by atoms with E-state index < -0.39 is 0 Å². The van der Waals surface area contributed by atoms with E-state index in [4.69, 9.17) is 11.6 Å². The van der Waals surface area contributed by atoms with Crippen molar-refractivity contribution in [3.63, 3.8) is 0 Å². The van der Waals surface area contributed by atoms with Crippen LogP contribution in [0.5, 0.6) is 0 Å². The first-order valence-corrected chi connectivity index (χ1v) is 4.82. The number of benzene rings is 1. The van der Waals surface area contributed by atoms with Gasteiger partial charge in [-0.25, -0.2) is 0 Å². The van der Waals surface area contributed by atoms with E-state index in [0.717, 1.165) is 0 Å². The number of nitrogens with zero attached hydrogens (tertiary/aromatic N) is 1. The number of hydrogen-bond donors (Lipinski definition) is 0.